The van der Waals surface area contributed by atoms with Gasteiger partial charge in [-0.25, -0.2) is 0 Å². The lowest BCUT2D eigenvalue weighted by Crippen LogP contribution is -2.33. The number of nitrogens with zero attached hydrogens (tertiary/aromatic N) is 2. The van der Waals surface area contributed by atoms with Crippen molar-refractivity contribution in [3.8, 4) is 10.9 Å². The summed E-state index contributed by atoms with van der Waals surface area (Å²) in [6, 6.07) is 12.1. The molecule has 4 nitrogen and oxygen atoms in total. The van der Waals surface area contributed by atoms with E-state index in [2.05, 4.69) is 14.6 Å². The van der Waals surface area contributed by atoms with Crippen molar-refractivity contribution in [2.45, 2.75) is 38.5 Å². The molecule has 1 fully saturated rings. The van der Waals surface area contributed by atoms with Crippen LogP contribution in [0, 0.1) is 5.92 Å². The standard InChI is InChI=1S/C22H22F3N2O2S/c23-22(24,25)29-17-9-7-15(8-10-17)3-1-4-16-11-13-27(14-12-16)18-5-2-6-19-20(18)26-21(28)30-19/h2,5-10,16H,1,3-4,11-14H2. The Bertz CT molecular complexity index is 980. The first-order valence-electron chi connectivity index (χ1n) is 10.0. The van der Waals surface area contributed by atoms with Crippen LogP contribution < -0.4 is 9.64 Å². The molecule has 1 radical (unpaired) electrons. The van der Waals surface area contributed by atoms with Gasteiger partial charge in [0.1, 0.15) is 11.3 Å². The Kier molecular flexibility index (Phi) is 6.04. The largest absolute Gasteiger partial charge is 0.573 e. The second-order valence-electron chi connectivity index (χ2n) is 7.62. The molecular weight excluding hydrogens is 413 g/mol. The van der Waals surface area contributed by atoms with Gasteiger partial charge in [0, 0.05) is 13.1 Å². The van der Waals surface area contributed by atoms with E-state index >= 15 is 0 Å². The lowest BCUT2D eigenvalue weighted by molar-refractivity contribution is -0.274. The third-order valence-electron chi connectivity index (χ3n) is 5.57. The highest BCUT2D eigenvalue weighted by Crippen LogP contribution is 2.35. The molecule has 0 unspecified atom stereocenters. The normalized spacial score (nSPS) is 15.6. The summed E-state index contributed by atoms with van der Waals surface area (Å²) < 4.78 is 41.5. The first kappa shape index (κ1) is 20.8. The fourth-order valence-electron chi connectivity index (χ4n) is 4.08. The van der Waals surface area contributed by atoms with Gasteiger partial charge in [-0.05, 0) is 67.9 Å². The number of hydrogen-bond donors (Lipinski definition) is 0. The summed E-state index contributed by atoms with van der Waals surface area (Å²) in [4.78, 5) is 6.48. The molecule has 0 spiro atoms. The van der Waals surface area contributed by atoms with Crippen molar-refractivity contribution < 1.29 is 23.0 Å². The van der Waals surface area contributed by atoms with Gasteiger partial charge in [0.2, 0.25) is 0 Å². The van der Waals surface area contributed by atoms with Crippen LogP contribution in [-0.4, -0.2) is 24.4 Å². The molecule has 30 heavy (non-hydrogen) atoms. The number of aromatic nitrogens is 1. The summed E-state index contributed by atoms with van der Waals surface area (Å²) >= 11 is 1.19. The molecule has 1 aliphatic heterocycles. The quantitative estimate of drug-likeness (QED) is 0.439. The van der Waals surface area contributed by atoms with Crippen LogP contribution in [0.25, 0.3) is 10.2 Å². The number of alkyl halides is 3. The molecule has 0 N–H and O–H groups in total. The molecule has 0 saturated carbocycles. The Balaban J connectivity index is 1.24. The van der Waals surface area contributed by atoms with E-state index in [1.165, 1.54) is 23.5 Å². The van der Waals surface area contributed by atoms with Crippen molar-refractivity contribution in [3.63, 3.8) is 0 Å². The van der Waals surface area contributed by atoms with Crippen molar-refractivity contribution >= 4 is 27.2 Å². The minimum atomic E-state index is -4.65. The van der Waals surface area contributed by atoms with Crippen LogP contribution in [0.5, 0.6) is 10.9 Å². The Morgan fingerprint density at radius 2 is 1.83 bits per heavy atom. The summed E-state index contributed by atoms with van der Waals surface area (Å²) in [6.07, 6.45) is 0.466. The summed E-state index contributed by atoms with van der Waals surface area (Å²) in [5.74, 6) is 0.455. The van der Waals surface area contributed by atoms with Crippen molar-refractivity contribution in [2.75, 3.05) is 18.0 Å². The number of ether oxygens (including phenoxy) is 1. The Morgan fingerprint density at radius 1 is 1.10 bits per heavy atom. The third kappa shape index (κ3) is 5.16. The van der Waals surface area contributed by atoms with Gasteiger partial charge in [0.05, 0.1) is 10.4 Å². The van der Waals surface area contributed by atoms with E-state index in [4.69, 9.17) is 0 Å². The lowest BCUT2D eigenvalue weighted by atomic mass is 9.90. The molecule has 0 aliphatic carbocycles. The van der Waals surface area contributed by atoms with Crippen LogP contribution in [0.2, 0.25) is 0 Å². The Hall–Kier alpha value is -2.48. The number of hydrogen-bond acceptors (Lipinski definition) is 4. The van der Waals surface area contributed by atoms with Crippen molar-refractivity contribution in [1.82, 2.24) is 4.98 Å². The SMILES string of the molecule is [O]c1nc2c(N3CCC(CCCc4ccc(OC(F)(F)F)cc4)CC3)cccc2s1. The molecule has 0 amide bonds. The van der Waals surface area contributed by atoms with E-state index in [0.717, 1.165) is 66.7 Å². The second-order valence-corrected chi connectivity index (χ2v) is 8.61. The molecule has 2 aromatic carbocycles. The minimum Gasteiger partial charge on any atom is -0.406 e. The van der Waals surface area contributed by atoms with Gasteiger partial charge in [-0.2, -0.15) is 4.98 Å². The Morgan fingerprint density at radius 3 is 2.53 bits per heavy atom. The maximum absolute atomic E-state index is 12.2. The van der Waals surface area contributed by atoms with Crippen LogP contribution in [0.4, 0.5) is 18.9 Å². The van der Waals surface area contributed by atoms with Crippen molar-refractivity contribution in [1.29, 1.82) is 0 Å². The maximum Gasteiger partial charge on any atom is 0.573 e. The molecule has 1 aromatic heterocycles. The van der Waals surface area contributed by atoms with Crippen molar-refractivity contribution in [2.24, 2.45) is 5.92 Å². The predicted molar refractivity (Wildman–Crippen MR) is 111 cm³/mol. The highest BCUT2D eigenvalue weighted by Gasteiger charge is 2.31. The average molecular weight is 435 g/mol. The van der Waals surface area contributed by atoms with Gasteiger partial charge >= 0.3 is 11.6 Å². The second kappa shape index (κ2) is 8.71. The molecule has 2 heterocycles. The molecule has 3 aromatic rings. The first-order valence-corrected chi connectivity index (χ1v) is 10.9. The van der Waals surface area contributed by atoms with Gasteiger partial charge in [-0.3, -0.25) is 5.11 Å². The minimum absolute atomic E-state index is 0.148. The van der Waals surface area contributed by atoms with Crippen LogP contribution in [0.15, 0.2) is 42.5 Å². The fraction of sp³-hybridized carbons (Fsp3) is 0.409. The zero-order valence-electron chi connectivity index (χ0n) is 16.3. The van der Waals surface area contributed by atoms with E-state index in [1.807, 2.05) is 18.2 Å². The highest BCUT2D eigenvalue weighted by atomic mass is 32.1. The number of para-hydroxylation sites is 1. The van der Waals surface area contributed by atoms with E-state index in [9.17, 15) is 18.3 Å². The summed E-state index contributed by atoms with van der Waals surface area (Å²) in [5.41, 5.74) is 2.87. The van der Waals surface area contributed by atoms with Crippen molar-refractivity contribution in [3.05, 3.63) is 48.0 Å². The monoisotopic (exact) mass is 435 g/mol. The van der Waals surface area contributed by atoms with Gasteiger partial charge in [-0.1, -0.05) is 29.5 Å². The van der Waals surface area contributed by atoms with E-state index in [1.54, 1.807) is 12.1 Å². The van der Waals surface area contributed by atoms with Crippen LogP contribution in [0.3, 0.4) is 0 Å². The predicted octanol–water partition coefficient (Wildman–Crippen LogP) is 6.58. The summed E-state index contributed by atoms with van der Waals surface area (Å²) in [7, 11) is 0. The zero-order valence-corrected chi connectivity index (χ0v) is 17.1. The number of aryl methyl sites for hydroxylation is 1. The number of fused-ring (bicyclic) bond motifs is 1. The average Bonchev–Trinajstić information content (AvgIpc) is 3.09. The van der Waals surface area contributed by atoms with Crippen LogP contribution in [-0.2, 0) is 11.5 Å². The topological polar surface area (TPSA) is 45.3 Å². The molecular formula is C22H22F3N2O2S. The highest BCUT2D eigenvalue weighted by molar-refractivity contribution is 7.20. The number of anilines is 1. The van der Waals surface area contributed by atoms with Gasteiger partial charge in [-0.15, -0.1) is 13.2 Å². The molecule has 159 valence electrons. The molecule has 0 bridgehead atoms. The number of thiazole rings is 1. The first-order chi connectivity index (χ1) is 14.4. The molecule has 0 atom stereocenters. The number of piperidine rings is 1. The number of benzene rings is 2. The lowest BCUT2D eigenvalue weighted by Gasteiger charge is -2.33. The zero-order chi connectivity index (χ0) is 21.1. The van der Waals surface area contributed by atoms with Gasteiger partial charge < -0.3 is 9.64 Å². The molecule has 1 saturated heterocycles. The molecule has 4 rings (SSSR count). The molecule has 8 heteroatoms. The van der Waals surface area contributed by atoms with Crippen LogP contribution in [0.1, 0.15) is 31.2 Å². The Labute approximate surface area is 176 Å². The van der Waals surface area contributed by atoms with E-state index in [-0.39, 0.29) is 10.9 Å². The number of halogens is 3. The molecule has 1 aliphatic rings. The summed E-state index contributed by atoms with van der Waals surface area (Å²) in [5, 5.41) is 11.5. The smallest absolute Gasteiger partial charge is 0.406 e. The maximum atomic E-state index is 12.2. The van der Waals surface area contributed by atoms with Crippen LogP contribution >= 0.6 is 11.3 Å². The van der Waals surface area contributed by atoms with Gasteiger partial charge in [0.25, 0.3) is 0 Å². The van der Waals surface area contributed by atoms with Gasteiger partial charge in [0.15, 0.2) is 0 Å². The van der Waals surface area contributed by atoms with E-state index in [0.29, 0.717) is 5.92 Å². The van der Waals surface area contributed by atoms with E-state index < -0.39 is 6.36 Å². The number of rotatable bonds is 6. The third-order valence-corrected chi connectivity index (χ3v) is 6.38. The summed E-state index contributed by atoms with van der Waals surface area (Å²) in [6.45, 7) is 1.89. The fourth-order valence-corrected chi connectivity index (χ4v) is 4.80.